The van der Waals surface area contributed by atoms with Crippen LogP contribution < -0.4 is 5.46 Å². The maximum absolute atomic E-state index is 9.50. The summed E-state index contributed by atoms with van der Waals surface area (Å²) < 4.78 is 0. The summed E-state index contributed by atoms with van der Waals surface area (Å²) in [6.45, 7) is 0. The highest BCUT2D eigenvalue weighted by atomic mass is 35.5. The van der Waals surface area contributed by atoms with E-state index in [2.05, 4.69) is 0 Å². The minimum atomic E-state index is -1.53. The topological polar surface area (TPSA) is 40.5 Å². The molecule has 0 aliphatic rings. The summed E-state index contributed by atoms with van der Waals surface area (Å²) in [5.74, 6) is 0. The van der Waals surface area contributed by atoms with Crippen LogP contribution in [0.3, 0.4) is 0 Å². The molecule has 3 aromatic carbocycles. The van der Waals surface area contributed by atoms with Crippen LogP contribution in [0.1, 0.15) is 0 Å². The summed E-state index contributed by atoms with van der Waals surface area (Å²) in [6.07, 6.45) is 0. The Morgan fingerprint density at radius 2 is 1.61 bits per heavy atom. The minimum absolute atomic E-state index is 0.439. The Hall–Kier alpha value is -1.55. The van der Waals surface area contributed by atoms with E-state index < -0.39 is 7.12 Å². The molecule has 0 bridgehead atoms. The van der Waals surface area contributed by atoms with Crippen molar-refractivity contribution in [1.29, 1.82) is 0 Å². The van der Waals surface area contributed by atoms with Crippen molar-refractivity contribution >= 4 is 45.7 Å². The van der Waals surface area contributed by atoms with Crippen LogP contribution in [0.4, 0.5) is 0 Å². The number of rotatable bonds is 1. The maximum Gasteiger partial charge on any atom is 0.489 e. The Balaban J connectivity index is 2.59. The lowest BCUT2D eigenvalue weighted by Gasteiger charge is -2.11. The summed E-state index contributed by atoms with van der Waals surface area (Å²) in [7, 11) is -1.53. The first-order valence-electron chi connectivity index (χ1n) is 5.64. The molecule has 0 amide bonds. The molecule has 0 aromatic heterocycles. The zero-order chi connectivity index (χ0) is 12.7. The van der Waals surface area contributed by atoms with Gasteiger partial charge in [-0.05, 0) is 27.7 Å². The summed E-state index contributed by atoms with van der Waals surface area (Å²) in [5, 5.41) is 23.2. The molecule has 0 spiro atoms. The monoisotopic (exact) mass is 256 g/mol. The highest BCUT2D eigenvalue weighted by Crippen LogP contribution is 2.28. The quantitative estimate of drug-likeness (QED) is 0.518. The van der Waals surface area contributed by atoms with Crippen LogP contribution in [0.25, 0.3) is 21.5 Å². The van der Waals surface area contributed by atoms with E-state index in [4.69, 9.17) is 11.6 Å². The van der Waals surface area contributed by atoms with Gasteiger partial charge in [0.2, 0.25) is 0 Å². The molecule has 0 aliphatic heterocycles. The van der Waals surface area contributed by atoms with Crippen molar-refractivity contribution in [2.45, 2.75) is 0 Å². The van der Waals surface area contributed by atoms with Gasteiger partial charge < -0.3 is 10.0 Å². The lowest BCUT2D eigenvalue weighted by molar-refractivity contribution is 0.426. The van der Waals surface area contributed by atoms with E-state index in [1.165, 1.54) is 0 Å². The highest BCUT2D eigenvalue weighted by molar-refractivity contribution is 6.64. The number of hydrogen-bond donors (Lipinski definition) is 2. The predicted molar refractivity (Wildman–Crippen MR) is 76.3 cm³/mol. The molecule has 0 radical (unpaired) electrons. The average molecular weight is 256 g/mol. The fourth-order valence-electron chi connectivity index (χ4n) is 2.35. The van der Waals surface area contributed by atoms with Crippen LogP contribution in [0.2, 0.25) is 5.02 Å². The average Bonchev–Trinajstić information content (AvgIpc) is 2.38. The Kier molecular flexibility index (Phi) is 2.75. The summed E-state index contributed by atoms with van der Waals surface area (Å²) in [4.78, 5) is 0. The molecule has 3 rings (SSSR count). The smallest absolute Gasteiger partial charge is 0.423 e. The van der Waals surface area contributed by atoms with Gasteiger partial charge >= 0.3 is 7.12 Å². The van der Waals surface area contributed by atoms with Gasteiger partial charge in [0.25, 0.3) is 0 Å². The Morgan fingerprint density at radius 3 is 2.39 bits per heavy atom. The lowest BCUT2D eigenvalue weighted by atomic mass is 9.76. The number of halogens is 1. The van der Waals surface area contributed by atoms with E-state index in [0.717, 1.165) is 16.2 Å². The molecule has 0 heterocycles. The molecule has 3 aromatic rings. The van der Waals surface area contributed by atoms with E-state index in [-0.39, 0.29) is 0 Å². The summed E-state index contributed by atoms with van der Waals surface area (Å²) in [6, 6.07) is 15.2. The van der Waals surface area contributed by atoms with E-state index in [1.807, 2.05) is 36.4 Å². The molecule has 88 valence electrons. The second-order valence-electron chi connectivity index (χ2n) is 4.22. The molecule has 0 saturated heterocycles. The second-order valence-corrected chi connectivity index (χ2v) is 4.63. The van der Waals surface area contributed by atoms with Crippen molar-refractivity contribution in [1.82, 2.24) is 0 Å². The molecular weight excluding hydrogens is 246 g/mol. The van der Waals surface area contributed by atoms with Crippen LogP contribution in [0.5, 0.6) is 0 Å². The van der Waals surface area contributed by atoms with Crippen molar-refractivity contribution in [3.05, 3.63) is 53.6 Å². The van der Waals surface area contributed by atoms with Crippen LogP contribution in [0, 0.1) is 0 Å². The molecule has 0 fully saturated rings. The predicted octanol–water partition coefficient (Wildman–Crippen LogP) is 2.33. The molecule has 0 aliphatic carbocycles. The van der Waals surface area contributed by atoms with Crippen molar-refractivity contribution in [3.63, 3.8) is 0 Å². The van der Waals surface area contributed by atoms with E-state index in [1.54, 1.807) is 12.1 Å². The zero-order valence-corrected chi connectivity index (χ0v) is 10.2. The van der Waals surface area contributed by atoms with Gasteiger partial charge in [-0.25, -0.2) is 0 Å². The van der Waals surface area contributed by atoms with Crippen molar-refractivity contribution in [3.8, 4) is 0 Å². The molecule has 0 atom stereocenters. The third-order valence-corrected chi connectivity index (χ3v) is 3.46. The van der Waals surface area contributed by atoms with Gasteiger partial charge in [0, 0.05) is 10.4 Å². The van der Waals surface area contributed by atoms with Crippen LogP contribution >= 0.6 is 11.6 Å². The fourth-order valence-corrected chi connectivity index (χ4v) is 2.64. The van der Waals surface area contributed by atoms with Crippen LogP contribution in [-0.4, -0.2) is 17.2 Å². The molecule has 18 heavy (non-hydrogen) atoms. The molecule has 2 N–H and O–H groups in total. The van der Waals surface area contributed by atoms with Gasteiger partial charge in [0.15, 0.2) is 0 Å². The Morgan fingerprint density at radius 1 is 0.889 bits per heavy atom. The normalized spacial score (nSPS) is 11.1. The van der Waals surface area contributed by atoms with Gasteiger partial charge in [-0.1, -0.05) is 54.1 Å². The van der Waals surface area contributed by atoms with Gasteiger partial charge in [-0.2, -0.15) is 0 Å². The first-order valence-corrected chi connectivity index (χ1v) is 6.02. The van der Waals surface area contributed by atoms with Gasteiger partial charge in [-0.3, -0.25) is 0 Å². The molecule has 2 nitrogen and oxygen atoms in total. The maximum atomic E-state index is 9.50. The standard InChI is InChI=1S/C14H10BClO2/c16-13-7-3-6-11-10-5-2-1-4-9(10)8-12(14(11)13)15(17)18/h1-8,17-18H. The van der Waals surface area contributed by atoms with Crippen molar-refractivity contribution in [2.24, 2.45) is 0 Å². The van der Waals surface area contributed by atoms with Gasteiger partial charge in [0.05, 0.1) is 0 Å². The summed E-state index contributed by atoms with van der Waals surface area (Å²) in [5.41, 5.74) is 0.439. The minimum Gasteiger partial charge on any atom is -0.423 e. The first-order chi connectivity index (χ1) is 8.68. The zero-order valence-electron chi connectivity index (χ0n) is 9.47. The number of benzene rings is 3. The lowest BCUT2D eigenvalue weighted by Crippen LogP contribution is -2.30. The SMILES string of the molecule is OB(O)c1cc2ccccc2c2cccc(Cl)c12. The Labute approximate surface area is 110 Å². The fraction of sp³-hybridized carbons (Fsp3) is 0. The largest absolute Gasteiger partial charge is 0.489 e. The van der Waals surface area contributed by atoms with Crippen LogP contribution in [-0.2, 0) is 0 Å². The van der Waals surface area contributed by atoms with Crippen molar-refractivity contribution < 1.29 is 10.0 Å². The highest BCUT2D eigenvalue weighted by Gasteiger charge is 2.18. The molecule has 4 heteroatoms. The van der Waals surface area contributed by atoms with Gasteiger partial charge in [0.1, 0.15) is 0 Å². The third-order valence-electron chi connectivity index (χ3n) is 3.14. The van der Waals surface area contributed by atoms with Gasteiger partial charge in [-0.15, -0.1) is 0 Å². The van der Waals surface area contributed by atoms with E-state index in [0.29, 0.717) is 15.9 Å². The second kappa shape index (κ2) is 4.28. The molecular formula is C14H10BClO2. The molecule has 0 unspecified atom stereocenters. The third kappa shape index (κ3) is 1.68. The first kappa shape index (κ1) is 11.5. The van der Waals surface area contributed by atoms with E-state index >= 15 is 0 Å². The van der Waals surface area contributed by atoms with E-state index in [9.17, 15) is 10.0 Å². The summed E-state index contributed by atoms with van der Waals surface area (Å²) >= 11 is 6.18. The number of hydrogen-bond acceptors (Lipinski definition) is 2. The molecule has 0 saturated carbocycles. The number of fused-ring (bicyclic) bond motifs is 3. The van der Waals surface area contributed by atoms with Crippen molar-refractivity contribution in [2.75, 3.05) is 0 Å². The van der Waals surface area contributed by atoms with Crippen LogP contribution in [0.15, 0.2) is 48.5 Å². The Bertz CT molecular complexity index is 740.